The molecular weight excluding hydrogens is 249 g/mol. The maximum absolute atomic E-state index is 5.22. The van der Waals surface area contributed by atoms with E-state index in [0.717, 1.165) is 0 Å². The normalized spacial score (nSPS) is 8.42. The first kappa shape index (κ1) is 11.9. The van der Waals surface area contributed by atoms with Gasteiger partial charge in [-0.3, -0.25) is 0 Å². The smallest absolute Gasteiger partial charge is 0.158 e. The summed E-state index contributed by atoms with van der Waals surface area (Å²) < 4.78 is 0. The van der Waals surface area contributed by atoms with Crippen LogP contribution in [0.2, 0.25) is 0 Å². The molecular formula is C6H7N4SY-. The maximum Gasteiger partial charge on any atom is 0.158 e. The molecule has 1 aromatic rings. The van der Waals surface area contributed by atoms with Gasteiger partial charge >= 0.3 is 0 Å². The minimum absolute atomic E-state index is 0. The molecule has 0 aromatic carbocycles. The molecule has 0 unspecified atom stereocenters. The molecule has 0 aliphatic heterocycles. The van der Waals surface area contributed by atoms with E-state index in [2.05, 4.69) is 33.7 Å². The molecule has 0 saturated carbocycles. The Labute approximate surface area is 101 Å². The number of aromatic nitrogens is 2. The SMILES string of the molecule is Cc1n[c-]cc(NC(N)=S)n1.[Y]. The quantitative estimate of drug-likeness (QED) is 0.556. The predicted molar refractivity (Wildman–Crippen MR) is 46.0 cm³/mol. The molecule has 0 aliphatic rings. The second-order valence-electron chi connectivity index (χ2n) is 1.92. The van der Waals surface area contributed by atoms with E-state index in [-0.39, 0.29) is 37.8 Å². The van der Waals surface area contributed by atoms with E-state index >= 15 is 0 Å². The van der Waals surface area contributed by atoms with E-state index in [1.165, 1.54) is 0 Å². The van der Waals surface area contributed by atoms with E-state index in [1.54, 1.807) is 13.0 Å². The second-order valence-corrected chi connectivity index (χ2v) is 2.36. The van der Waals surface area contributed by atoms with Gasteiger partial charge in [0.15, 0.2) is 5.11 Å². The van der Waals surface area contributed by atoms with Crippen LogP contribution in [0.5, 0.6) is 0 Å². The van der Waals surface area contributed by atoms with Crippen molar-refractivity contribution in [3.05, 3.63) is 18.1 Å². The predicted octanol–water partition coefficient (Wildman–Crippen LogP) is 0.238. The molecule has 61 valence electrons. The minimum Gasteiger partial charge on any atom is -0.377 e. The van der Waals surface area contributed by atoms with Crippen molar-refractivity contribution < 1.29 is 32.7 Å². The van der Waals surface area contributed by atoms with Gasteiger partial charge in [0.05, 0.1) is 0 Å². The Morgan fingerprint density at radius 3 is 2.92 bits per heavy atom. The first-order valence-corrected chi connectivity index (χ1v) is 3.37. The van der Waals surface area contributed by atoms with Gasteiger partial charge in [-0.1, -0.05) is 13.1 Å². The molecule has 6 heteroatoms. The minimum atomic E-state index is 0. The molecule has 0 bridgehead atoms. The fourth-order valence-electron chi connectivity index (χ4n) is 0.609. The Hall–Kier alpha value is -0.126. The van der Waals surface area contributed by atoms with E-state index in [0.29, 0.717) is 11.6 Å². The Bertz CT molecular complexity index is 278. The Balaban J connectivity index is 0.00000121. The van der Waals surface area contributed by atoms with Crippen LogP contribution in [-0.2, 0) is 32.7 Å². The number of hydrogen-bond acceptors (Lipinski definition) is 3. The molecule has 12 heavy (non-hydrogen) atoms. The molecule has 1 radical (unpaired) electrons. The summed E-state index contributed by atoms with van der Waals surface area (Å²) in [7, 11) is 0. The van der Waals surface area contributed by atoms with Crippen LogP contribution in [0.25, 0.3) is 0 Å². The van der Waals surface area contributed by atoms with Crippen molar-refractivity contribution in [3.63, 3.8) is 0 Å². The summed E-state index contributed by atoms with van der Waals surface area (Å²) in [4.78, 5) is 7.78. The summed E-state index contributed by atoms with van der Waals surface area (Å²) in [6.45, 7) is 1.77. The van der Waals surface area contributed by atoms with Crippen molar-refractivity contribution in [2.75, 3.05) is 5.32 Å². The van der Waals surface area contributed by atoms with Gasteiger partial charge in [0.1, 0.15) is 0 Å². The van der Waals surface area contributed by atoms with Crippen LogP contribution in [0.15, 0.2) is 6.07 Å². The topological polar surface area (TPSA) is 63.8 Å². The summed E-state index contributed by atoms with van der Waals surface area (Å²) in [5.74, 6) is 1.20. The molecule has 1 aromatic heterocycles. The number of thiocarbonyl (C=S) groups is 1. The average Bonchev–Trinajstić information content (AvgIpc) is 1.85. The van der Waals surface area contributed by atoms with Crippen LogP contribution in [0.3, 0.4) is 0 Å². The molecule has 1 heterocycles. The van der Waals surface area contributed by atoms with Gasteiger partial charge in [-0.2, -0.15) is 0 Å². The van der Waals surface area contributed by atoms with Gasteiger partial charge in [0.2, 0.25) is 0 Å². The number of nitrogens with zero attached hydrogens (tertiary/aromatic N) is 2. The van der Waals surface area contributed by atoms with Gasteiger partial charge in [-0.25, -0.2) is 0 Å². The first-order chi connectivity index (χ1) is 5.18. The average molecular weight is 256 g/mol. The number of nitrogens with one attached hydrogen (secondary N) is 1. The fourth-order valence-corrected chi connectivity index (χ4v) is 0.713. The van der Waals surface area contributed by atoms with E-state index < -0.39 is 0 Å². The number of rotatable bonds is 1. The molecule has 1 rings (SSSR count). The maximum atomic E-state index is 5.22. The summed E-state index contributed by atoms with van der Waals surface area (Å²) in [5.41, 5.74) is 5.22. The van der Waals surface area contributed by atoms with Crippen LogP contribution in [0.4, 0.5) is 5.82 Å². The first-order valence-electron chi connectivity index (χ1n) is 2.96. The Kier molecular flexibility index (Phi) is 5.45. The Morgan fingerprint density at radius 1 is 1.75 bits per heavy atom. The third-order valence-corrected chi connectivity index (χ3v) is 1.06. The Morgan fingerprint density at radius 2 is 2.42 bits per heavy atom. The van der Waals surface area contributed by atoms with Crippen molar-refractivity contribution >= 4 is 23.1 Å². The largest absolute Gasteiger partial charge is 0.377 e. The van der Waals surface area contributed by atoms with Crippen LogP contribution in [-0.4, -0.2) is 15.1 Å². The molecule has 0 fully saturated rings. The fraction of sp³-hybridized carbons (Fsp3) is 0.167. The number of nitrogens with two attached hydrogens (primary N) is 1. The molecule has 4 nitrogen and oxygen atoms in total. The third kappa shape index (κ3) is 4.04. The van der Waals surface area contributed by atoms with Crippen LogP contribution >= 0.6 is 12.2 Å². The van der Waals surface area contributed by atoms with E-state index in [4.69, 9.17) is 5.73 Å². The number of anilines is 1. The van der Waals surface area contributed by atoms with Crippen LogP contribution in [0, 0.1) is 13.1 Å². The summed E-state index contributed by atoms with van der Waals surface area (Å²) in [6.07, 6.45) is 2.64. The van der Waals surface area contributed by atoms with Gasteiger partial charge in [-0.05, 0) is 12.2 Å². The molecule has 0 saturated heterocycles. The molecule has 0 amide bonds. The summed E-state index contributed by atoms with van der Waals surface area (Å²) in [5, 5.41) is 2.86. The second kappa shape index (κ2) is 5.51. The summed E-state index contributed by atoms with van der Waals surface area (Å²) in [6, 6.07) is 1.58. The number of aryl methyl sites for hydroxylation is 1. The molecule has 0 aliphatic carbocycles. The molecule has 0 spiro atoms. The van der Waals surface area contributed by atoms with Crippen LogP contribution in [0.1, 0.15) is 5.82 Å². The zero-order valence-corrected chi connectivity index (χ0v) is 10.2. The van der Waals surface area contributed by atoms with Crippen molar-refractivity contribution in [1.29, 1.82) is 0 Å². The molecule has 3 N–H and O–H groups in total. The van der Waals surface area contributed by atoms with E-state index in [9.17, 15) is 0 Å². The van der Waals surface area contributed by atoms with Crippen LogP contribution < -0.4 is 11.1 Å². The van der Waals surface area contributed by atoms with Gasteiger partial charge in [0.25, 0.3) is 0 Å². The van der Waals surface area contributed by atoms with Gasteiger partial charge < -0.3 is 21.0 Å². The third-order valence-electron chi connectivity index (χ3n) is 0.961. The van der Waals surface area contributed by atoms with Crippen molar-refractivity contribution in [2.45, 2.75) is 6.92 Å². The standard InChI is InChI=1S/C6H7N4S.Y/c1-4-8-3-2-5(9-4)10-6(7)11;/h2H,1H3,(H3,7,8,9,10,11);/q-1;. The van der Waals surface area contributed by atoms with Crippen molar-refractivity contribution in [3.8, 4) is 0 Å². The molecule has 0 atom stereocenters. The zero-order valence-electron chi connectivity index (χ0n) is 6.53. The van der Waals surface area contributed by atoms with Crippen molar-refractivity contribution in [2.24, 2.45) is 5.73 Å². The van der Waals surface area contributed by atoms with Gasteiger partial charge in [-0.15, -0.1) is 6.07 Å². The van der Waals surface area contributed by atoms with Gasteiger partial charge in [0, 0.05) is 44.4 Å². The van der Waals surface area contributed by atoms with E-state index in [1.807, 2.05) is 0 Å². The van der Waals surface area contributed by atoms with Crippen molar-refractivity contribution in [1.82, 2.24) is 9.97 Å². The zero-order chi connectivity index (χ0) is 8.27. The number of hydrogen-bond donors (Lipinski definition) is 2. The summed E-state index contributed by atoms with van der Waals surface area (Å²) >= 11 is 4.61. The monoisotopic (exact) mass is 256 g/mol.